The number of hydrogen-bond donors (Lipinski definition) is 2. The van der Waals surface area contributed by atoms with Gasteiger partial charge in [-0.05, 0) is 31.4 Å². The van der Waals surface area contributed by atoms with Crippen LogP contribution in [0.5, 0.6) is 0 Å². The Hall–Kier alpha value is -1.18. The fourth-order valence-electron chi connectivity index (χ4n) is 2.15. The molecule has 0 spiro atoms. The van der Waals surface area contributed by atoms with Crippen LogP contribution in [-0.2, 0) is 10.0 Å². The second kappa shape index (κ2) is 5.90. The van der Waals surface area contributed by atoms with Crippen molar-refractivity contribution in [3.05, 3.63) is 28.5 Å². The van der Waals surface area contributed by atoms with Gasteiger partial charge in [-0.15, -0.1) is 0 Å². The highest BCUT2D eigenvalue weighted by Crippen LogP contribution is 2.34. The lowest BCUT2D eigenvalue weighted by Gasteiger charge is -2.15. The van der Waals surface area contributed by atoms with Crippen molar-refractivity contribution in [1.82, 2.24) is 4.72 Å². The molecule has 0 bridgehead atoms. The number of benzene rings is 1. The Balaban J connectivity index is 2.32. The number of rotatable bonds is 6. The second-order valence-corrected chi connectivity index (χ2v) is 7.39. The molecule has 0 aliphatic heterocycles. The summed E-state index contributed by atoms with van der Waals surface area (Å²) in [5, 5.41) is 8.73. The van der Waals surface area contributed by atoms with Crippen molar-refractivity contribution in [3.8, 4) is 0 Å². The summed E-state index contributed by atoms with van der Waals surface area (Å²) in [4.78, 5) is 10.2. The predicted octanol–water partition coefficient (Wildman–Crippen LogP) is 2.64. The number of hydrogen-bond acceptors (Lipinski definition) is 3. The number of carboxylic acids is 1. The van der Waals surface area contributed by atoms with Gasteiger partial charge in [-0.3, -0.25) is 0 Å². The Labute approximate surface area is 127 Å². The van der Waals surface area contributed by atoms with Crippen LogP contribution in [0, 0.1) is 11.7 Å². The van der Waals surface area contributed by atoms with Crippen LogP contribution in [-0.4, -0.2) is 25.5 Å². The standard InChI is InChI=1S/C13H15ClFNO4S/c1-7(4-8-2-3-8)16-21(19,20)11-6-9(14)5-10(12(11)15)13(17)18/h5-8,16H,2-4H2,1H3,(H,17,18). The molecule has 0 aromatic heterocycles. The van der Waals surface area contributed by atoms with Crippen LogP contribution in [0.4, 0.5) is 4.39 Å². The lowest BCUT2D eigenvalue weighted by Crippen LogP contribution is -2.33. The minimum absolute atomic E-state index is 0.149. The molecule has 1 saturated carbocycles. The third-order valence-electron chi connectivity index (χ3n) is 3.26. The summed E-state index contributed by atoms with van der Waals surface area (Å²) >= 11 is 5.68. The fraction of sp³-hybridized carbons (Fsp3) is 0.462. The number of halogens is 2. The first-order valence-corrected chi connectivity index (χ1v) is 8.31. The highest BCUT2D eigenvalue weighted by molar-refractivity contribution is 7.89. The zero-order valence-corrected chi connectivity index (χ0v) is 12.8. The molecular weight excluding hydrogens is 321 g/mol. The summed E-state index contributed by atoms with van der Waals surface area (Å²) in [7, 11) is -4.16. The van der Waals surface area contributed by atoms with Gasteiger partial charge >= 0.3 is 5.97 Å². The van der Waals surface area contributed by atoms with E-state index in [0.717, 1.165) is 25.0 Å². The minimum atomic E-state index is -4.16. The Morgan fingerprint density at radius 1 is 1.52 bits per heavy atom. The van der Waals surface area contributed by atoms with Gasteiger partial charge < -0.3 is 5.11 Å². The van der Waals surface area contributed by atoms with Gasteiger partial charge in [0.2, 0.25) is 10.0 Å². The van der Waals surface area contributed by atoms with E-state index in [1.807, 2.05) is 0 Å². The van der Waals surface area contributed by atoms with Crippen LogP contribution in [0.1, 0.15) is 36.5 Å². The second-order valence-electron chi connectivity index (χ2n) is 5.27. The molecule has 2 rings (SSSR count). The summed E-state index contributed by atoms with van der Waals surface area (Å²) < 4.78 is 40.8. The van der Waals surface area contributed by atoms with Crippen molar-refractivity contribution < 1.29 is 22.7 Å². The van der Waals surface area contributed by atoms with E-state index < -0.39 is 32.3 Å². The molecule has 2 N–H and O–H groups in total. The zero-order valence-electron chi connectivity index (χ0n) is 11.3. The molecular formula is C13H15ClFNO4S. The van der Waals surface area contributed by atoms with Gasteiger partial charge in [0.15, 0.2) is 5.82 Å². The van der Waals surface area contributed by atoms with Gasteiger partial charge in [0.1, 0.15) is 4.90 Å². The van der Waals surface area contributed by atoms with E-state index in [1.54, 1.807) is 6.92 Å². The van der Waals surface area contributed by atoms with Crippen LogP contribution in [0.25, 0.3) is 0 Å². The molecule has 5 nitrogen and oxygen atoms in total. The number of sulfonamides is 1. The normalized spacial score (nSPS) is 16.7. The summed E-state index contributed by atoms with van der Waals surface area (Å²) in [6, 6.07) is 1.44. The summed E-state index contributed by atoms with van der Waals surface area (Å²) in [6.45, 7) is 1.69. The van der Waals surface area contributed by atoms with E-state index in [4.69, 9.17) is 16.7 Å². The van der Waals surface area contributed by atoms with E-state index >= 15 is 0 Å². The molecule has 1 unspecified atom stereocenters. The van der Waals surface area contributed by atoms with Gasteiger partial charge in [-0.25, -0.2) is 22.3 Å². The maximum atomic E-state index is 14.1. The van der Waals surface area contributed by atoms with E-state index in [9.17, 15) is 17.6 Å². The third kappa shape index (κ3) is 3.93. The van der Waals surface area contributed by atoms with Crippen molar-refractivity contribution in [2.75, 3.05) is 0 Å². The minimum Gasteiger partial charge on any atom is -0.478 e. The summed E-state index contributed by atoms with van der Waals surface area (Å²) in [6.07, 6.45) is 2.81. The molecule has 1 aliphatic rings. The molecule has 8 heteroatoms. The Morgan fingerprint density at radius 2 is 2.14 bits per heavy atom. The first kappa shape index (κ1) is 16.2. The first-order valence-electron chi connectivity index (χ1n) is 6.45. The van der Waals surface area contributed by atoms with Crippen molar-refractivity contribution in [2.24, 2.45) is 5.92 Å². The summed E-state index contributed by atoms with van der Waals surface area (Å²) in [5.74, 6) is -2.38. The lowest BCUT2D eigenvalue weighted by atomic mass is 10.2. The van der Waals surface area contributed by atoms with Gasteiger partial charge in [0.25, 0.3) is 0 Å². The van der Waals surface area contributed by atoms with E-state index in [0.29, 0.717) is 12.3 Å². The Bertz CT molecular complexity index is 673. The van der Waals surface area contributed by atoms with E-state index in [2.05, 4.69) is 4.72 Å². The highest BCUT2D eigenvalue weighted by atomic mass is 35.5. The maximum Gasteiger partial charge on any atom is 0.338 e. The third-order valence-corrected chi connectivity index (χ3v) is 5.07. The van der Waals surface area contributed by atoms with Crippen LogP contribution >= 0.6 is 11.6 Å². The van der Waals surface area contributed by atoms with E-state index in [1.165, 1.54) is 0 Å². The number of nitrogens with one attached hydrogen (secondary N) is 1. The SMILES string of the molecule is CC(CC1CC1)NS(=O)(=O)c1cc(Cl)cc(C(=O)O)c1F. The lowest BCUT2D eigenvalue weighted by molar-refractivity contribution is 0.0691. The largest absolute Gasteiger partial charge is 0.478 e. The molecule has 21 heavy (non-hydrogen) atoms. The number of carboxylic acid groups (broad SMARTS) is 1. The van der Waals surface area contributed by atoms with Gasteiger partial charge in [0, 0.05) is 11.1 Å². The zero-order chi connectivity index (χ0) is 15.8. The van der Waals surface area contributed by atoms with Crippen LogP contribution in [0.15, 0.2) is 17.0 Å². The van der Waals surface area contributed by atoms with Crippen molar-refractivity contribution in [2.45, 2.75) is 37.1 Å². The molecule has 1 fully saturated rings. The van der Waals surface area contributed by atoms with Gasteiger partial charge in [0.05, 0.1) is 5.56 Å². The van der Waals surface area contributed by atoms with Crippen LogP contribution in [0.3, 0.4) is 0 Å². The molecule has 0 heterocycles. The molecule has 1 aliphatic carbocycles. The van der Waals surface area contributed by atoms with Gasteiger partial charge in [-0.1, -0.05) is 24.4 Å². The maximum absolute atomic E-state index is 14.1. The van der Waals surface area contributed by atoms with Crippen molar-refractivity contribution in [3.63, 3.8) is 0 Å². The Morgan fingerprint density at radius 3 is 2.67 bits per heavy atom. The highest BCUT2D eigenvalue weighted by Gasteiger charge is 2.29. The molecule has 1 aromatic carbocycles. The predicted molar refractivity (Wildman–Crippen MR) is 75.5 cm³/mol. The van der Waals surface area contributed by atoms with Gasteiger partial charge in [-0.2, -0.15) is 0 Å². The smallest absolute Gasteiger partial charge is 0.338 e. The molecule has 0 amide bonds. The van der Waals surface area contributed by atoms with E-state index in [-0.39, 0.29) is 11.1 Å². The fourth-order valence-corrected chi connectivity index (χ4v) is 3.81. The first-order chi connectivity index (χ1) is 9.70. The number of carbonyl (C=O) groups is 1. The Kier molecular flexibility index (Phi) is 4.55. The van der Waals surface area contributed by atoms with Crippen LogP contribution in [0.2, 0.25) is 5.02 Å². The quantitative estimate of drug-likeness (QED) is 0.837. The molecule has 1 atom stereocenters. The summed E-state index contributed by atoms with van der Waals surface area (Å²) in [5.41, 5.74) is -0.766. The monoisotopic (exact) mass is 335 g/mol. The topological polar surface area (TPSA) is 83.5 Å². The number of aromatic carboxylic acids is 1. The molecule has 1 aromatic rings. The molecule has 0 saturated heterocycles. The molecule has 116 valence electrons. The van der Waals surface area contributed by atoms with Crippen molar-refractivity contribution >= 4 is 27.6 Å². The average molecular weight is 336 g/mol. The average Bonchev–Trinajstić information content (AvgIpc) is 3.14. The van der Waals surface area contributed by atoms with Crippen molar-refractivity contribution in [1.29, 1.82) is 0 Å². The molecule has 0 radical (unpaired) electrons. The van der Waals surface area contributed by atoms with Crippen LogP contribution < -0.4 is 4.72 Å².